The van der Waals surface area contributed by atoms with E-state index in [-0.39, 0.29) is 19.6 Å². The van der Waals surface area contributed by atoms with Crippen molar-refractivity contribution >= 4 is 21.0 Å². The molecule has 0 saturated carbocycles. The fourth-order valence-corrected chi connectivity index (χ4v) is 4.58. The second-order valence-electron chi connectivity index (χ2n) is 4.51. The second-order valence-corrected chi connectivity index (χ2v) is 7.30. The molecule has 0 spiro atoms. The largest absolute Gasteiger partial charge is 0.350 e. The molecule has 6 nitrogen and oxygen atoms in total. The fraction of sp³-hybridized carbons (Fsp3) is 0.917. The van der Waals surface area contributed by atoms with Crippen LogP contribution in [0.1, 0.15) is 34.6 Å². The molecule has 1 unspecified atom stereocenters. The van der Waals surface area contributed by atoms with Crippen molar-refractivity contribution in [2.45, 2.75) is 46.2 Å². The van der Waals surface area contributed by atoms with Crippen LogP contribution in [0.25, 0.3) is 0 Å². The first-order chi connectivity index (χ1) is 9.39. The van der Waals surface area contributed by atoms with Gasteiger partial charge in [0.05, 0.1) is 12.8 Å². The quantitative estimate of drug-likeness (QED) is 0.255. The smallest absolute Gasteiger partial charge is 0.278 e. The van der Waals surface area contributed by atoms with E-state index < -0.39 is 12.9 Å². The monoisotopic (exact) mass is 307 g/mol. The summed E-state index contributed by atoms with van der Waals surface area (Å²) in [5.41, 5.74) is -1.26. The molecule has 0 bridgehead atoms. The minimum Gasteiger partial charge on any atom is -0.350 e. The second kappa shape index (κ2) is 9.69. The summed E-state index contributed by atoms with van der Waals surface area (Å²) in [5.74, 6) is 0. The van der Waals surface area contributed by atoms with E-state index in [1.807, 2.05) is 20.8 Å². The highest BCUT2D eigenvalue weighted by Crippen LogP contribution is 2.60. The number of hydrogen-bond acceptors (Lipinski definition) is 6. The molecule has 0 aliphatic carbocycles. The number of rotatable bonds is 12. The third-order valence-electron chi connectivity index (χ3n) is 2.84. The molecule has 0 amide bonds. The highest BCUT2D eigenvalue weighted by molar-refractivity contribution is 7.60. The predicted molar refractivity (Wildman–Crippen MR) is 82.3 cm³/mol. The Kier molecular flexibility index (Phi) is 9.59. The first kappa shape index (κ1) is 19.8. The van der Waals surface area contributed by atoms with Gasteiger partial charge in [-0.15, -0.1) is 0 Å². The van der Waals surface area contributed by atoms with Gasteiger partial charge in [-0.1, -0.05) is 6.92 Å². The Labute approximate surface area is 122 Å². The van der Waals surface area contributed by atoms with Crippen molar-refractivity contribution in [3.05, 3.63) is 0 Å². The van der Waals surface area contributed by atoms with Gasteiger partial charge in [0.1, 0.15) is 0 Å². The lowest BCUT2D eigenvalue weighted by molar-refractivity contribution is -0.168. The van der Waals surface area contributed by atoms with Gasteiger partial charge in [0.25, 0.3) is 14.8 Å². The average molecular weight is 307 g/mol. The molecule has 20 heavy (non-hydrogen) atoms. The lowest BCUT2D eigenvalue weighted by atomic mass is 9.98. The number of carbonyl (C=O) groups is 1. The zero-order chi connectivity index (χ0) is 15.6. The summed E-state index contributed by atoms with van der Waals surface area (Å²) < 4.78 is 29.9. The maximum absolute atomic E-state index is 13.2. The van der Waals surface area contributed by atoms with E-state index in [9.17, 15) is 9.36 Å². The van der Waals surface area contributed by atoms with Crippen LogP contribution < -0.4 is 5.23 Å². The lowest BCUT2D eigenvalue weighted by Gasteiger charge is -2.37. The van der Waals surface area contributed by atoms with Crippen LogP contribution >= 0.6 is 7.37 Å². The standard InChI is InChI=1S/C12H27BNO5P/c1-6-17-12(5,18-7-2)20(16,19-8-3)9-11(4)14-13-10-15/h10-11,13-14H,6-9H2,1-5H3/t11-,20?/m1/s1. The van der Waals surface area contributed by atoms with Crippen LogP contribution in [0, 0.1) is 0 Å². The Morgan fingerprint density at radius 1 is 1.25 bits per heavy atom. The van der Waals surface area contributed by atoms with E-state index in [0.717, 1.165) is 6.19 Å². The molecule has 0 aromatic heterocycles. The van der Waals surface area contributed by atoms with Gasteiger partial charge >= 0.3 is 0 Å². The fourth-order valence-electron chi connectivity index (χ4n) is 1.99. The van der Waals surface area contributed by atoms with Gasteiger partial charge in [-0.05, 0) is 27.7 Å². The molecule has 118 valence electrons. The molecule has 0 fully saturated rings. The van der Waals surface area contributed by atoms with Gasteiger partial charge < -0.3 is 24.0 Å². The van der Waals surface area contributed by atoms with E-state index in [2.05, 4.69) is 5.23 Å². The Morgan fingerprint density at radius 3 is 2.20 bits per heavy atom. The Hall–Kier alpha value is -0.195. The van der Waals surface area contributed by atoms with Crippen LogP contribution in [0.5, 0.6) is 0 Å². The Bertz CT molecular complexity index is 323. The van der Waals surface area contributed by atoms with Gasteiger partial charge in [-0.2, -0.15) is 0 Å². The molecule has 1 N–H and O–H groups in total. The summed E-state index contributed by atoms with van der Waals surface area (Å²) >= 11 is 0. The molecular formula is C12H27BNO5P. The van der Waals surface area contributed by atoms with Crippen molar-refractivity contribution in [1.29, 1.82) is 0 Å². The maximum atomic E-state index is 13.2. The van der Waals surface area contributed by atoms with Crippen molar-refractivity contribution in [3.8, 4) is 0 Å². The van der Waals surface area contributed by atoms with Gasteiger partial charge in [-0.25, -0.2) is 0 Å². The molecule has 0 aliphatic rings. The normalized spacial score (nSPS) is 16.4. The van der Waals surface area contributed by atoms with Crippen LogP contribution in [0.15, 0.2) is 0 Å². The molecule has 0 saturated heterocycles. The summed E-state index contributed by atoms with van der Waals surface area (Å²) in [6.07, 6.45) is 1.01. The number of carbonyl (C=O) groups excluding carboxylic acids is 1. The van der Waals surface area contributed by atoms with Crippen LogP contribution in [0.4, 0.5) is 0 Å². The predicted octanol–water partition coefficient (Wildman–Crippen LogP) is 1.57. The summed E-state index contributed by atoms with van der Waals surface area (Å²) in [5, 5.41) is 2.97. The third-order valence-corrected chi connectivity index (χ3v) is 6.04. The molecule has 0 aromatic carbocycles. The van der Waals surface area contributed by atoms with Crippen LogP contribution in [-0.2, 0) is 23.4 Å². The average Bonchev–Trinajstić information content (AvgIpc) is 2.37. The summed E-state index contributed by atoms with van der Waals surface area (Å²) in [6.45, 7) is 10.0. The molecular weight excluding hydrogens is 280 g/mol. The summed E-state index contributed by atoms with van der Waals surface area (Å²) in [6, 6.07) is -0.141. The van der Waals surface area contributed by atoms with Crippen LogP contribution in [0.3, 0.4) is 0 Å². The lowest BCUT2D eigenvalue weighted by Crippen LogP contribution is -2.40. The van der Waals surface area contributed by atoms with E-state index in [1.165, 1.54) is 0 Å². The number of nitrogens with one attached hydrogen (secondary N) is 1. The summed E-state index contributed by atoms with van der Waals surface area (Å²) in [7, 11) is -2.98. The van der Waals surface area contributed by atoms with E-state index in [0.29, 0.717) is 19.8 Å². The van der Waals surface area contributed by atoms with Crippen LogP contribution in [-0.4, -0.2) is 51.2 Å². The zero-order valence-corrected chi connectivity index (χ0v) is 14.1. The molecule has 2 atom stereocenters. The third kappa shape index (κ3) is 5.66. The minimum absolute atomic E-state index is 0.141. The summed E-state index contributed by atoms with van der Waals surface area (Å²) in [4.78, 5) is 10.4. The first-order valence-electron chi connectivity index (χ1n) is 7.07. The van der Waals surface area contributed by atoms with Crippen molar-refractivity contribution < 1.29 is 23.4 Å². The molecule has 0 aliphatic heterocycles. The van der Waals surface area contributed by atoms with Gasteiger partial charge in [0.15, 0.2) is 0 Å². The van der Waals surface area contributed by atoms with Crippen molar-refractivity contribution in [1.82, 2.24) is 5.23 Å². The first-order valence-corrected chi connectivity index (χ1v) is 8.88. The molecule has 0 heterocycles. The van der Waals surface area contributed by atoms with Gasteiger partial charge in [-0.3, -0.25) is 4.57 Å². The SMILES string of the molecule is CCOC(C)(OCC)P(=O)(C[C@@H](C)NBC=O)OCC. The number of hydrogen-bond donors (Lipinski definition) is 1. The molecule has 0 rings (SSSR count). The molecule has 0 aromatic rings. The van der Waals surface area contributed by atoms with E-state index >= 15 is 0 Å². The number of ether oxygens (including phenoxy) is 2. The Morgan fingerprint density at radius 2 is 1.80 bits per heavy atom. The van der Waals surface area contributed by atoms with Gasteiger partial charge in [0, 0.05) is 25.4 Å². The highest BCUT2D eigenvalue weighted by atomic mass is 31.2. The van der Waals surface area contributed by atoms with Crippen molar-refractivity contribution in [2.75, 3.05) is 26.0 Å². The van der Waals surface area contributed by atoms with Crippen molar-refractivity contribution in [3.63, 3.8) is 0 Å². The van der Waals surface area contributed by atoms with Gasteiger partial charge in [0.2, 0.25) is 5.53 Å². The minimum atomic E-state index is -3.19. The topological polar surface area (TPSA) is 73.9 Å². The Balaban J connectivity index is 5.11. The molecule has 8 heteroatoms. The maximum Gasteiger partial charge on any atom is 0.278 e. The van der Waals surface area contributed by atoms with E-state index in [4.69, 9.17) is 14.0 Å². The molecule has 0 radical (unpaired) electrons. The van der Waals surface area contributed by atoms with E-state index in [1.54, 1.807) is 13.8 Å². The van der Waals surface area contributed by atoms with Crippen molar-refractivity contribution in [2.24, 2.45) is 0 Å². The highest BCUT2D eigenvalue weighted by Gasteiger charge is 2.48. The van der Waals surface area contributed by atoms with Crippen LogP contribution in [0.2, 0.25) is 0 Å². The zero-order valence-electron chi connectivity index (χ0n) is 13.2.